The largest absolute Gasteiger partial charge is 0.481 e. The lowest BCUT2D eigenvalue weighted by molar-refractivity contribution is -0.161. The van der Waals surface area contributed by atoms with Crippen molar-refractivity contribution >= 4 is 25.7 Å². The highest BCUT2D eigenvalue weighted by Gasteiger charge is 2.28. The van der Waals surface area contributed by atoms with Gasteiger partial charge in [0, 0.05) is 12.8 Å². The first-order valence-corrected chi connectivity index (χ1v) is 23.1. The average Bonchev–Trinajstić information content (AvgIpc) is 3.14. The van der Waals surface area contributed by atoms with Gasteiger partial charge in [-0.15, -0.1) is 0 Å². The summed E-state index contributed by atoms with van der Waals surface area (Å²) < 4.78 is 32.9. The zero-order chi connectivity index (χ0) is 40.0. The summed E-state index contributed by atoms with van der Waals surface area (Å²) in [6.07, 6.45) is 38.3. The van der Waals surface area contributed by atoms with Gasteiger partial charge in [0.1, 0.15) is 6.61 Å². The van der Waals surface area contributed by atoms with Gasteiger partial charge in [-0.3, -0.25) is 23.4 Å². The minimum Gasteiger partial charge on any atom is -0.481 e. The molecule has 54 heavy (non-hydrogen) atoms. The van der Waals surface area contributed by atoms with Gasteiger partial charge in [0.25, 0.3) is 0 Å². The molecule has 0 fully saturated rings. The highest BCUT2D eigenvalue weighted by molar-refractivity contribution is 7.47. The van der Waals surface area contributed by atoms with Crippen LogP contribution in [0.15, 0.2) is 24.3 Å². The molecule has 0 aliphatic heterocycles. The number of unbranched alkanes of at least 4 members (excludes halogenated alkanes) is 22. The van der Waals surface area contributed by atoms with E-state index in [1.165, 1.54) is 84.0 Å². The van der Waals surface area contributed by atoms with Crippen LogP contribution in [0.5, 0.6) is 0 Å². The molecule has 0 aliphatic carbocycles. The van der Waals surface area contributed by atoms with Crippen LogP contribution in [-0.4, -0.2) is 53.8 Å². The average molecular weight is 787 g/mol. The van der Waals surface area contributed by atoms with Gasteiger partial charge in [0.05, 0.1) is 19.1 Å². The molecule has 0 aromatic carbocycles. The Morgan fingerprint density at radius 3 is 1.33 bits per heavy atom. The summed E-state index contributed by atoms with van der Waals surface area (Å²) in [7, 11) is -4.63. The number of rotatable bonds is 40. The lowest BCUT2D eigenvalue weighted by Gasteiger charge is -2.20. The van der Waals surface area contributed by atoms with E-state index >= 15 is 0 Å². The van der Waals surface area contributed by atoms with Gasteiger partial charge in [-0.05, 0) is 71.1 Å². The van der Waals surface area contributed by atoms with Crippen LogP contribution in [0.1, 0.15) is 201 Å². The maximum Gasteiger partial charge on any atom is 0.472 e. The summed E-state index contributed by atoms with van der Waals surface area (Å²) in [4.78, 5) is 46.1. The standard InChI is InChI=1S/C43H79O10P/c1-4-6-8-10-12-14-16-18-20-22-24-26-28-30-32-34-41(44)50-37-40(38-52-54(48,49)51-36-39(3)43(46)47)53-42(45)35-33-31-29-27-25-23-21-19-17-15-13-11-9-7-5-2/h18-21,39-40H,4-17,22-38H2,1-3H3,(H,46,47)(H,48,49)/b20-18-,21-19-/t39-,40+/m0/s1. The van der Waals surface area contributed by atoms with Crippen LogP contribution in [-0.2, 0) is 37.5 Å². The Kier molecular flexibility index (Phi) is 36.5. The molecule has 0 aliphatic rings. The van der Waals surface area contributed by atoms with Crippen molar-refractivity contribution in [2.75, 3.05) is 19.8 Å². The molecule has 0 aromatic heterocycles. The molecule has 0 amide bonds. The summed E-state index contributed by atoms with van der Waals surface area (Å²) in [5, 5.41) is 9.00. The van der Waals surface area contributed by atoms with Gasteiger partial charge in [-0.25, -0.2) is 4.57 Å². The second-order valence-corrected chi connectivity index (χ2v) is 16.2. The van der Waals surface area contributed by atoms with E-state index in [1.807, 2.05) is 0 Å². The quantitative estimate of drug-likeness (QED) is 0.0266. The van der Waals surface area contributed by atoms with E-state index in [9.17, 15) is 23.8 Å². The number of allylic oxidation sites excluding steroid dienone is 4. The first-order chi connectivity index (χ1) is 26.1. The molecule has 2 N–H and O–H groups in total. The molecule has 0 rings (SSSR count). The molecular weight excluding hydrogens is 707 g/mol. The Morgan fingerprint density at radius 2 is 0.907 bits per heavy atom. The molecule has 0 aromatic rings. The number of esters is 2. The molecule has 316 valence electrons. The Labute approximate surface area is 329 Å². The molecule has 10 nitrogen and oxygen atoms in total. The van der Waals surface area contributed by atoms with Crippen molar-refractivity contribution in [3.05, 3.63) is 24.3 Å². The Morgan fingerprint density at radius 1 is 0.537 bits per heavy atom. The van der Waals surface area contributed by atoms with Crippen LogP contribution < -0.4 is 0 Å². The molecular formula is C43H79O10P. The van der Waals surface area contributed by atoms with E-state index in [2.05, 4.69) is 38.2 Å². The SMILES string of the molecule is CCCCCCCC/C=C\CCCCCCCC(=O)OC[C@H](COP(=O)(O)OC[C@H](C)C(=O)O)OC(=O)CCCCCCC/C=C\CCCCCCCC. The molecule has 0 saturated heterocycles. The van der Waals surface area contributed by atoms with Crippen molar-refractivity contribution in [2.24, 2.45) is 5.92 Å². The van der Waals surface area contributed by atoms with Crippen LogP contribution in [0.2, 0.25) is 0 Å². The van der Waals surface area contributed by atoms with Gasteiger partial charge >= 0.3 is 25.7 Å². The lowest BCUT2D eigenvalue weighted by atomic mass is 10.1. The van der Waals surface area contributed by atoms with Crippen molar-refractivity contribution in [1.29, 1.82) is 0 Å². The van der Waals surface area contributed by atoms with Gasteiger partial charge in [0.15, 0.2) is 6.10 Å². The maximum atomic E-state index is 12.6. The van der Waals surface area contributed by atoms with Crippen molar-refractivity contribution in [1.82, 2.24) is 0 Å². The van der Waals surface area contributed by atoms with Crippen LogP contribution in [0.3, 0.4) is 0 Å². The fourth-order valence-electron chi connectivity index (χ4n) is 5.79. The zero-order valence-electron chi connectivity index (χ0n) is 34.5. The third-order valence-corrected chi connectivity index (χ3v) is 10.3. The summed E-state index contributed by atoms with van der Waals surface area (Å²) in [6.45, 7) is 4.40. The molecule has 11 heteroatoms. The van der Waals surface area contributed by atoms with Gasteiger partial charge in [-0.1, -0.05) is 141 Å². The molecule has 1 unspecified atom stereocenters. The number of hydrogen-bond donors (Lipinski definition) is 2. The number of ether oxygens (including phenoxy) is 2. The van der Waals surface area contributed by atoms with E-state index in [1.54, 1.807) is 0 Å². The Balaban J connectivity index is 4.40. The molecule has 0 spiro atoms. The summed E-state index contributed by atoms with van der Waals surface area (Å²) in [6, 6.07) is 0. The number of carboxylic acid groups (broad SMARTS) is 1. The van der Waals surface area contributed by atoms with Gasteiger partial charge < -0.3 is 19.5 Å². The van der Waals surface area contributed by atoms with E-state index < -0.39 is 51.0 Å². The van der Waals surface area contributed by atoms with Crippen LogP contribution >= 0.6 is 7.82 Å². The van der Waals surface area contributed by atoms with Crippen molar-refractivity contribution in [3.8, 4) is 0 Å². The highest BCUT2D eigenvalue weighted by atomic mass is 31.2. The molecule has 3 atom stereocenters. The smallest absolute Gasteiger partial charge is 0.472 e. The molecule has 0 heterocycles. The number of hydrogen-bond acceptors (Lipinski definition) is 8. The number of carbonyl (C=O) groups excluding carboxylic acids is 2. The highest BCUT2D eigenvalue weighted by Crippen LogP contribution is 2.43. The van der Waals surface area contributed by atoms with E-state index in [-0.39, 0.29) is 19.4 Å². The van der Waals surface area contributed by atoms with Crippen LogP contribution in [0.4, 0.5) is 0 Å². The molecule has 0 saturated carbocycles. The molecule has 0 bridgehead atoms. The monoisotopic (exact) mass is 787 g/mol. The third-order valence-electron chi connectivity index (χ3n) is 9.35. The number of phosphoric ester groups is 1. The first-order valence-electron chi connectivity index (χ1n) is 21.6. The third kappa shape index (κ3) is 36.9. The fraction of sp³-hybridized carbons (Fsp3) is 0.837. The topological polar surface area (TPSA) is 146 Å². The second-order valence-electron chi connectivity index (χ2n) is 14.8. The maximum absolute atomic E-state index is 12.6. The van der Waals surface area contributed by atoms with Crippen molar-refractivity contribution < 1.29 is 47.5 Å². The Bertz CT molecular complexity index is 1010. The van der Waals surface area contributed by atoms with E-state index in [4.69, 9.17) is 23.6 Å². The van der Waals surface area contributed by atoms with E-state index in [0.29, 0.717) is 12.8 Å². The number of aliphatic carboxylic acids is 1. The number of carboxylic acids is 1. The van der Waals surface area contributed by atoms with Gasteiger partial charge in [-0.2, -0.15) is 0 Å². The molecule has 0 radical (unpaired) electrons. The number of carbonyl (C=O) groups is 3. The first kappa shape index (κ1) is 52.0. The lowest BCUT2D eigenvalue weighted by Crippen LogP contribution is -2.29. The normalized spacial score (nSPS) is 14.0. The minimum absolute atomic E-state index is 0.168. The van der Waals surface area contributed by atoms with Crippen LogP contribution in [0.25, 0.3) is 0 Å². The Hall–Kier alpha value is -2.00. The fourth-order valence-corrected chi connectivity index (χ4v) is 6.63. The zero-order valence-corrected chi connectivity index (χ0v) is 35.4. The predicted molar refractivity (Wildman–Crippen MR) is 218 cm³/mol. The second kappa shape index (κ2) is 37.9. The minimum atomic E-state index is -4.63. The summed E-state index contributed by atoms with van der Waals surface area (Å²) in [5.41, 5.74) is 0. The summed E-state index contributed by atoms with van der Waals surface area (Å²) in [5.74, 6) is -3.16. The van der Waals surface area contributed by atoms with Crippen LogP contribution in [0, 0.1) is 5.92 Å². The van der Waals surface area contributed by atoms with Crippen molar-refractivity contribution in [3.63, 3.8) is 0 Å². The predicted octanol–water partition coefficient (Wildman–Crippen LogP) is 12.4. The van der Waals surface area contributed by atoms with E-state index in [0.717, 1.165) is 77.0 Å². The number of phosphoric acid groups is 1. The van der Waals surface area contributed by atoms with Gasteiger partial charge in [0.2, 0.25) is 0 Å². The van der Waals surface area contributed by atoms with Crippen molar-refractivity contribution in [2.45, 2.75) is 207 Å². The summed E-state index contributed by atoms with van der Waals surface area (Å²) >= 11 is 0.